The molecule has 6 nitrogen and oxygen atoms in total. The van der Waals surface area contributed by atoms with Gasteiger partial charge in [0.25, 0.3) is 5.91 Å². The number of nitrogens with one attached hydrogen (secondary N) is 1. The van der Waals surface area contributed by atoms with E-state index in [0.29, 0.717) is 35.4 Å². The lowest BCUT2D eigenvalue weighted by Crippen LogP contribution is -2.30. The van der Waals surface area contributed by atoms with E-state index in [-0.39, 0.29) is 11.9 Å². The summed E-state index contributed by atoms with van der Waals surface area (Å²) in [7, 11) is 1.64. The number of rotatable bonds is 10. The van der Waals surface area contributed by atoms with Crippen LogP contribution in [-0.4, -0.2) is 41.3 Å². The zero-order valence-corrected chi connectivity index (χ0v) is 20.1. The van der Waals surface area contributed by atoms with E-state index in [1.54, 1.807) is 7.11 Å². The van der Waals surface area contributed by atoms with Crippen LogP contribution in [0.2, 0.25) is 5.02 Å². The molecule has 0 fully saturated rings. The summed E-state index contributed by atoms with van der Waals surface area (Å²) in [6.45, 7) is 5.57. The fourth-order valence-corrected chi connectivity index (χ4v) is 4.36. The molecule has 1 aromatic heterocycles. The lowest BCUT2D eigenvalue weighted by molar-refractivity contribution is 0.0741. The molecule has 1 amide bonds. The molecule has 1 aliphatic rings. The Kier molecular flexibility index (Phi) is 7.23. The Morgan fingerprint density at radius 2 is 1.82 bits per heavy atom. The SMILES string of the molecule is CCCCOc1ccc(C2c3c(-c4ccc(Cl)cc4)n[nH]c3C(=O)N2CCCC)cc1OC. The molecule has 2 aromatic carbocycles. The van der Waals surface area contributed by atoms with E-state index in [0.717, 1.165) is 48.1 Å². The van der Waals surface area contributed by atoms with Gasteiger partial charge in [-0.3, -0.25) is 9.89 Å². The van der Waals surface area contributed by atoms with E-state index in [2.05, 4.69) is 24.0 Å². The number of hydrogen-bond donors (Lipinski definition) is 1. The van der Waals surface area contributed by atoms with Gasteiger partial charge in [-0.15, -0.1) is 0 Å². The van der Waals surface area contributed by atoms with Gasteiger partial charge >= 0.3 is 0 Å². The van der Waals surface area contributed by atoms with Gasteiger partial charge < -0.3 is 14.4 Å². The van der Waals surface area contributed by atoms with Crippen molar-refractivity contribution in [1.29, 1.82) is 0 Å². The molecule has 4 rings (SSSR count). The summed E-state index contributed by atoms with van der Waals surface area (Å²) >= 11 is 6.10. The van der Waals surface area contributed by atoms with Crippen LogP contribution in [0.5, 0.6) is 11.5 Å². The summed E-state index contributed by atoms with van der Waals surface area (Å²) in [4.78, 5) is 15.3. The van der Waals surface area contributed by atoms with Crippen molar-refractivity contribution in [3.8, 4) is 22.8 Å². The average molecular weight is 468 g/mol. The van der Waals surface area contributed by atoms with Gasteiger partial charge in [-0.1, -0.05) is 56.5 Å². The molecule has 1 unspecified atom stereocenters. The number of H-pyrrole nitrogens is 1. The number of benzene rings is 2. The van der Waals surface area contributed by atoms with Crippen molar-refractivity contribution >= 4 is 17.5 Å². The zero-order chi connectivity index (χ0) is 23.4. The standard InChI is InChI=1S/C26H30ClN3O3/c1-4-6-14-30-25(18-10-13-20(21(16-18)32-3)33-15-7-5-2)22-23(28-29-24(22)26(30)31)17-8-11-19(27)12-9-17/h8-13,16,25H,4-7,14-15H2,1-3H3,(H,28,29). The van der Waals surface area contributed by atoms with Gasteiger partial charge in [-0.2, -0.15) is 5.10 Å². The first kappa shape index (κ1) is 23.2. The maximum atomic E-state index is 13.4. The highest BCUT2D eigenvalue weighted by Gasteiger charge is 2.42. The molecule has 174 valence electrons. The molecule has 0 spiro atoms. The quantitative estimate of drug-likeness (QED) is 0.357. The summed E-state index contributed by atoms with van der Waals surface area (Å²) in [6.07, 6.45) is 3.97. The Balaban J connectivity index is 1.78. The van der Waals surface area contributed by atoms with Crippen LogP contribution in [0.25, 0.3) is 11.3 Å². The van der Waals surface area contributed by atoms with Crippen molar-refractivity contribution in [3.63, 3.8) is 0 Å². The van der Waals surface area contributed by atoms with Gasteiger partial charge in [0, 0.05) is 22.7 Å². The van der Waals surface area contributed by atoms with Gasteiger partial charge in [-0.05, 0) is 42.7 Å². The first-order chi connectivity index (χ1) is 16.1. The van der Waals surface area contributed by atoms with Crippen molar-refractivity contribution in [2.75, 3.05) is 20.3 Å². The highest BCUT2D eigenvalue weighted by Crippen LogP contribution is 2.44. The Labute approximate surface area is 199 Å². The summed E-state index contributed by atoms with van der Waals surface area (Å²) < 4.78 is 11.6. The number of methoxy groups -OCH3 is 1. The molecule has 7 heteroatoms. The van der Waals surface area contributed by atoms with E-state index >= 15 is 0 Å². The minimum Gasteiger partial charge on any atom is -0.493 e. The van der Waals surface area contributed by atoms with Crippen LogP contribution in [0.15, 0.2) is 42.5 Å². The second-order valence-electron chi connectivity index (χ2n) is 8.23. The van der Waals surface area contributed by atoms with E-state index in [1.165, 1.54) is 0 Å². The van der Waals surface area contributed by atoms with Crippen LogP contribution >= 0.6 is 11.6 Å². The van der Waals surface area contributed by atoms with Gasteiger partial charge in [0.1, 0.15) is 5.69 Å². The topological polar surface area (TPSA) is 67.5 Å². The van der Waals surface area contributed by atoms with Crippen LogP contribution in [-0.2, 0) is 0 Å². The molecule has 0 radical (unpaired) electrons. The molecule has 0 saturated carbocycles. The number of aromatic nitrogens is 2. The number of aromatic amines is 1. The summed E-state index contributed by atoms with van der Waals surface area (Å²) in [5, 5.41) is 8.18. The van der Waals surface area contributed by atoms with E-state index in [9.17, 15) is 4.79 Å². The van der Waals surface area contributed by atoms with Crippen LogP contribution < -0.4 is 9.47 Å². The predicted molar refractivity (Wildman–Crippen MR) is 130 cm³/mol. The van der Waals surface area contributed by atoms with Crippen molar-refractivity contribution in [2.45, 2.75) is 45.6 Å². The third kappa shape index (κ3) is 4.58. The number of carbonyl (C=O) groups excluding carboxylic acids is 1. The lowest BCUT2D eigenvalue weighted by Gasteiger charge is -2.27. The molecule has 1 N–H and O–H groups in total. The number of fused-ring (bicyclic) bond motifs is 1. The monoisotopic (exact) mass is 467 g/mol. The smallest absolute Gasteiger partial charge is 0.273 e. The molecule has 0 aliphatic carbocycles. The summed E-state index contributed by atoms with van der Waals surface area (Å²) in [5.74, 6) is 1.35. The Hall–Kier alpha value is -2.99. The Bertz CT molecular complexity index is 1110. The minimum absolute atomic E-state index is 0.0293. The number of amides is 1. The van der Waals surface area contributed by atoms with Crippen molar-refractivity contribution in [2.24, 2.45) is 0 Å². The second kappa shape index (κ2) is 10.3. The molecule has 0 bridgehead atoms. The minimum atomic E-state index is -0.262. The fraction of sp³-hybridized carbons (Fsp3) is 0.385. The van der Waals surface area contributed by atoms with Crippen molar-refractivity contribution in [3.05, 3.63) is 64.3 Å². The molecular weight excluding hydrogens is 438 g/mol. The largest absolute Gasteiger partial charge is 0.493 e. The molecule has 0 saturated heterocycles. The van der Waals surface area contributed by atoms with Crippen molar-refractivity contribution < 1.29 is 14.3 Å². The van der Waals surface area contributed by atoms with Gasteiger partial charge in [-0.25, -0.2) is 0 Å². The number of ether oxygens (including phenoxy) is 2. The van der Waals surface area contributed by atoms with E-state index in [1.807, 2.05) is 47.4 Å². The number of nitrogens with zero attached hydrogens (tertiary/aromatic N) is 2. The molecule has 33 heavy (non-hydrogen) atoms. The van der Waals surface area contributed by atoms with Crippen LogP contribution in [0.1, 0.15) is 67.2 Å². The number of hydrogen-bond acceptors (Lipinski definition) is 4. The van der Waals surface area contributed by atoms with Gasteiger partial charge in [0.15, 0.2) is 11.5 Å². The highest BCUT2D eigenvalue weighted by atomic mass is 35.5. The summed E-state index contributed by atoms with van der Waals surface area (Å²) in [5.41, 5.74) is 4.08. The third-order valence-corrected chi connectivity index (χ3v) is 6.24. The van der Waals surface area contributed by atoms with Crippen molar-refractivity contribution in [1.82, 2.24) is 15.1 Å². The van der Waals surface area contributed by atoms with Crippen LogP contribution in [0.3, 0.4) is 0 Å². The fourth-order valence-electron chi connectivity index (χ4n) is 4.23. The van der Waals surface area contributed by atoms with Gasteiger partial charge in [0.2, 0.25) is 0 Å². The molecular formula is C26H30ClN3O3. The van der Waals surface area contributed by atoms with Crippen LogP contribution in [0.4, 0.5) is 0 Å². The first-order valence-electron chi connectivity index (χ1n) is 11.5. The zero-order valence-electron chi connectivity index (χ0n) is 19.4. The third-order valence-electron chi connectivity index (χ3n) is 5.99. The first-order valence-corrected chi connectivity index (χ1v) is 11.9. The molecule has 2 heterocycles. The maximum Gasteiger partial charge on any atom is 0.273 e. The second-order valence-corrected chi connectivity index (χ2v) is 8.67. The van der Waals surface area contributed by atoms with E-state index in [4.69, 9.17) is 21.1 Å². The van der Waals surface area contributed by atoms with Gasteiger partial charge in [0.05, 0.1) is 25.5 Å². The Morgan fingerprint density at radius 1 is 1.06 bits per heavy atom. The normalized spacial score (nSPS) is 15.1. The average Bonchev–Trinajstić information content (AvgIpc) is 3.37. The van der Waals surface area contributed by atoms with E-state index < -0.39 is 0 Å². The molecule has 3 aromatic rings. The molecule has 1 aliphatic heterocycles. The number of halogens is 1. The van der Waals surface area contributed by atoms with Crippen LogP contribution in [0, 0.1) is 0 Å². The Morgan fingerprint density at radius 3 is 2.52 bits per heavy atom. The highest BCUT2D eigenvalue weighted by molar-refractivity contribution is 6.30. The summed E-state index contributed by atoms with van der Waals surface area (Å²) in [6, 6.07) is 13.2. The number of unbranched alkanes of at least 4 members (excludes halogenated alkanes) is 2. The molecule has 1 atom stereocenters. The maximum absolute atomic E-state index is 13.4. The number of carbonyl (C=O) groups is 1. The lowest BCUT2D eigenvalue weighted by atomic mass is 9.95. The predicted octanol–water partition coefficient (Wildman–Crippen LogP) is 6.26.